The van der Waals surface area contributed by atoms with Gasteiger partial charge in [0.05, 0.1) is 23.6 Å². The minimum Gasteiger partial charge on any atom is -0.507 e. The van der Waals surface area contributed by atoms with Crippen molar-refractivity contribution >= 4 is 77.2 Å². The van der Waals surface area contributed by atoms with Gasteiger partial charge in [0.2, 0.25) is 0 Å². The highest BCUT2D eigenvalue weighted by molar-refractivity contribution is 6.24. The van der Waals surface area contributed by atoms with E-state index in [0.29, 0.717) is 33.3 Å². The Hall–Kier alpha value is -5.32. The fourth-order valence-corrected chi connectivity index (χ4v) is 8.57. The second kappa shape index (κ2) is 11.6. The van der Waals surface area contributed by atoms with E-state index in [9.17, 15) is 20.4 Å². The zero-order valence-corrected chi connectivity index (χ0v) is 29.8. The minimum atomic E-state index is -1.14. The van der Waals surface area contributed by atoms with Crippen LogP contribution in [-0.4, -0.2) is 89.0 Å². The number of phenolic OH excluding ortho intramolecular Hbond substituents is 2. The van der Waals surface area contributed by atoms with Crippen LogP contribution in [0.5, 0.6) is 11.5 Å². The lowest BCUT2D eigenvalue weighted by Crippen LogP contribution is -2.52. The number of hydrogen-bond acceptors (Lipinski definition) is 10. The average molecular weight is 675 g/mol. The Morgan fingerprint density at radius 2 is 0.840 bits per heavy atom. The molecular weight excluding hydrogens is 628 g/mol. The maximum atomic E-state index is 12.5. The van der Waals surface area contributed by atoms with Crippen LogP contribution in [0.4, 0.5) is 34.1 Å². The third-order valence-corrected chi connectivity index (χ3v) is 10.6. The highest BCUT2D eigenvalue weighted by atomic mass is 16.3. The molecule has 10 heteroatoms. The van der Waals surface area contributed by atoms with Gasteiger partial charge in [-0.2, -0.15) is 0 Å². The maximum Gasteiger partial charge on any atom is 0.123 e. The number of aliphatic hydroxyl groups is 2. The summed E-state index contributed by atoms with van der Waals surface area (Å²) in [5.74, 6) is -1.69. The third kappa shape index (κ3) is 4.48. The second-order valence-corrected chi connectivity index (χ2v) is 14.4. The molecule has 2 atom stereocenters. The molecule has 1 aliphatic rings. The smallest absolute Gasteiger partial charge is 0.123 e. The summed E-state index contributed by atoms with van der Waals surface area (Å²) in [6.07, 6.45) is -2.27. The number of phenols is 2. The summed E-state index contributed by atoms with van der Waals surface area (Å²) in [4.78, 5) is 7.98. The van der Waals surface area contributed by atoms with E-state index in [-0.39, 0.29) is 11.5 Å². The van der Waals surface area contributed by atoms with E-state index < -0.39 is 24.0 Å². The van der Waals surface area contributed by atoms with E-state index in [2.05, 4.69) is 0 Å². The fourth-order valence-electron chi connectivity index (χ4n) is 8.57. The third-order valence-electron chi connectivity index (χ3n) is 10.6. The molecule has 0 bridgehead atoms. The van der Waals surface area contributed by atoms with Gasteiger partial charge in [0.25, 0.3) is 0 Å². The number of aliphatic hydroxyl groups excluding tert-OH is 2. The van der Waals surface area contributed by atoms with Crippen LogP contribution in [0.25, 0.3) is 43.1 Å². The summed E-state index contributed by atoms with van der Waals surface area (Å²) >= 11 is 0. The van der Waals surface area contributed by atoms with Crippen LogP contribution in [-0.2, 0) is 0 Å². The topological polar surface area (TPSA) is 146 Å². The van der Waals surface area contributed by atoms with E-state index >= 15 is 0 Å². The fraction of sp³-hybridized carbons (Fsp3) is 0.300. The zero-order valence-electron chi connectivity index (χ0n) is 29.8. The first kappa shape index (κ1) is 33.2. The average Bonchev–Trinajstić information content (AvgIpc) is 3.04. The van der Waals surface area contributed by atoms with Crippen LogP contribution >= 0.6 is 0 Å². The summed E-state index contributed by atoms with van der Waals surface area (Å²) in [6, 6.07) is 18.5. The van der Waals surface area contributed by atoms with Crippen molar-refractivity contribution < 1.29 is 20.4 Å². The van der Waals surface area contributed by atoms with E-state index in [0.717, 1.165) is 55.1 Å². The van der Waals surface area contributed by atoms with Crippen LogP contribution in [0.1, 0.15) is 23.0 Å². The Morgan fingerprint density at radius 1 is 0.460 bits per heavy atom. The molecule has 7 rings (SSSR count). The van der Waals surface area contributed by atoms with Crippen molar-refractivity contribution in [3.63, 3.8) is 0 Å². The van der Waals surface area contributed by atoms with Gasteiger partial charge in [0, 0.05) is 134 Å². The van der Waals surface area contributed by atoms with Crippen molar-refractivity contribution in [3.8, 4) is 11.5 Å². The number of hydrogen-bond donors (Lipinski definition) is 6. The first-order valence-corrected chi connectivity index (χ1v) is 16.7. The lowest BCUT2D eigenvalue weighted by atomic mass is 9.60. The van der Waals surface area contributed by atoms with Crippen LogP contribution in [0.15, 0.2) is 60.7 Å². The van der Waals surface area contributed by atoms with Gasteiger partial charge in [0.15, 0.2) is 0 Å². The van der Waals surface area contributed by atoms with Crippen molar-refractivity contribution in [1.82, 2.24) is 0 Å². The molecule has 1 fully saturated rings. The van der Waals surface area contributed by atoms with Crippen LogP contribution in [0.3, 0.4) is 0 Å². The first-order chi connectivity index (χ1) is 23.7. The summed E-state index contributed by atoms with van der Waals surface area (Å²) in [6.45, 7) is 0. The van der Waals surface area contributed by atoms with Crippen molar-refractivity contribution in [2.45, 2.75) is 24.0 Å². The summed E-state index contributed by atoms with van der Waals surface area (Å²) in [7, 11) is 15.6. The zero-order chi connectivity index (χ0) is 36.1. The highest BCUT2D eigenvalue weighted by Gasteiger charge is 2.53. The molecule has 0 heterocycles. The molecule has 1 aliphatic carbocycles. The number of nitrogens with two attached hydrogens (primary N) is 2. The summed E-state index contributed by atoms with van der Waals surface area (Å²) in [5.41, 5.74) is 19.1. The predicted molar refractivity (Wildman–Crippen MR) is 210 cm³/mol. The Labute approximate surface area is 291 Å². The van der Waals surface area contributed by atoms with Gasteiger partial charge < -0.3 is 51.5 Å². The Kier molecular flexibility index (Phi) is 7.73. The number of benzene rings is 6. The summed E-state index contributed by atoms with van der Waals surface area (Å²) < 4.78 is 0. The molecule has 2 unspecified atom stereocenters. The lowest BCUT2D eigenvalue weighted by Gasteiger charge is -2.49. The van der Waals surface area contributed by atoms with Gasteiger partial charge >= 0.3 is 0 Å². The van der Waals surface area contributed by atoms with Gasteiger partial charge in [-0.25, -0.2) is 0 Å². The van der Waals surface area contributed by atoms with Crippen molar-refractivity contribution in [2.24, 2.45) is 0 Å². The summed E-state index contributed by atoms with van der Waals surface area (Å²) in [5, 5.41) is 54.2. The number of nitrogens with zero attached hydrogens (tertiary/aromatic N) is 4. The molecule has 8 N–H and O–H groups in total. The van der Waals surface area contributed by atoms with Gasteiger partial charge in [-0.3, -0.25) is 0 Å². The van der Waals surface area contributed by atoms with Crippen LogP contribution in [0, 0.1) is 0 Å². The largest absolute Gasteiger partial charge is 0.507 e. The van der Waals surface area contributed by atoms with Crippen LogP contribution in [0.2, 0.25) is 0 Å². The van der Waals surface area contributed by atoms with E-state index in [1.807, 2.05) is 125 Å². The second-order valence-electron chi connectivity index (χ2n) is 14.4. The molecule has 6 aromatic rings. The lowest BCUT2D eigenvalue weighted by molar-refractivity contribution is -0.0765. The number of anilines is 6. The van der Waals surface area contributed by atoms with Gasteiger partial charge in [0.1, 0.15) is 11.5 Å². The molecule has 0 saturated heterocycles. The van der Waals surface area contributed by atoms with E-state index in [1.54, 1.807) is 12.1 Å². The maximum absolute atomic E-state index is 12.5. The predicted octanol–water partition coefficient (Wildman–Crippen LogP) is 5.74. The van der Waals surface area contributed by atoms with Gasteiger partial charge in [-0.05, 0) is 47.5 Å². The monoisotopic (exact) mass is 674 g/mol. The molecule has 0 spiro atoms. The molecule has 6 aromatic carbocycles. The molecule has 0 aliphatic heterocycles. The van der Waals surface area contributed by atoms with Crippen molar-refractivity contribution in [1.29, 1.82) is 0 Å². The quantitative estimate of drug-likeness (QED) is 0.0955. The molecular formula is C40H46N6O4. The van der Waals surface area contributed by atoms with E-state index in [1.165, 1.54) is 0 Å². The number of fused-ring (bicyclic) bond motifs is 4. The standard InChI is InChI=1S/C40H46N6O4/c1-43(2)23-15-17-25(47)31-29(23)38(46(7)8)30-24(44(3)4)16-18-26(48)32(30)34(31)36-39(49)35(40(36)50)33-27-19(11-9-13-21(27)41)37(45(5)6)20-12-10-14-22(42)28(20)33/h9-18,35-36,39-40,47-50H,41-42H2,1-8H3. The number of nitrogen functional groups attached to an aromatic ring is 2. The van der Waals surface area contributed by atoms with Gasteiger partial charge in [-0.1, -0.05) is 24.3 Å². The molecule has 0 radical (unpaired) electrons. The minimum absolute atomic E-state index is 0.0113. The van der Waals surface area contributed by atoms with Gasteiger partial charge in [-0.15, -0.1) is 0 Å². The molecule has 10 nitrogen and oxygen atoms in total. The Bertz CT molecular complexity index is 2200. The molecule has 0 amide bonds. The molecule has 1 saturated carbocycles. The molecule has 50 heavy (non-hydrogen) atoms. The normalized spacial score (nSPS) is 18.9. The molecule has 260 valence electrons. The van der Waals surface area contributed by atoms with Crippen molar-refractivity contribution in [2.75, 3.05) is 87.4 Å². The van der Waals surface area contributed by atoms with Crippen molar-refractivity contribution in [3.05, 3.63) is 71.8 Å². The van der Waals surface area contributed by atoms with Crippen LogP contribution < -0.4 is 31.1 Å². The first-order valence-electron chi connectivity index (χ1n) is 16.7. The van der Waals surface area contributed by atoms with E-state index in [4.69, 9.17) is 11.5 Å². The Morgan fingerprint density at radius 3 is 1.20 bits per heavy atom. The number of aromatic hydroxyl groups is 2. The Balaban J connectivity index is 1.60. The molecule has 0 aromatic heterocycles. The number of rotatable bonds is 6. The SMILES string of the molecule is CN(C)c1c2cccc(N)c2c(C2C(O)C(c3c4c(O)ccc(N(C)C)c4c(N(C)C)c4c(N(C)C)ccc(O)c34)C2O)c2c(N)cccc12. The highest BCUT2D eigenvalue weighted by Crippen LogP contribution is 2.60.